The van der Waals surface area contributed by atoms with E-state index in [0.717, 1.165) is 4.90 Å². The van der Waals surface area contributed by atoms with Gasteiger partial charge in [0.15, 0.2) is 6.20 Å². The van der Waals surface area contributed by atoms with Crippen molar-refractivity contribution in [2.75, 3.05) is 14.1 Å². The molecule has 62 valence electrons. The van der Waals surface area contributed by atoms with Crippen LogP contribution in [0.4, 0.5) is 0 Å². The predicted octanol–water partition coefficient (Wildman–Crippen LogP) is -1.13. The monoisotopic (exact) mass is 158 g/mol. The Kier molecular flexibility index (Phi) is 1.82. The Morgan fingerprint density at radius 1 is 1.82 bits per heavy atom. The molecule has 0 aliphatic carbocycles. The van der Waals surface area contributed by atoms with Crippen LogP contribution < -0.4 is 4.90 Å². The van der Waals surface area contributed by atoms with Crippen molar-refractivity contribution in [1.82, 2.24) is 4.90 Å². The second-order valence-corrected chi connectivity index (χ2v) is 2.79. The van der Waals surface area contributed by atoms with Crippen LogP contribution in [0.2, 0.25) is 0 Å². The summed E-state index contributed by atoms with van der Waals surface area (Å²) in [6.07, 6.45) is 1.78. The fourth-order valence-electron chi connectivity index (χ4n) is 1.11. The number of hydrogen-bond acceptors (Lipinski definition) is 3. The largest absolute Gasteiger partial charge is 0.376 e. The van der Waals surface area contributed by atoms with Crippen LogP contribution in [0, 0.1) is 10.1 Å². The van der Waals surface area contributed by atoms with Gasteiger partial charge in [0.25, 0.3) is 0 Å². The van der Waals surface area contributed by atoms with Gasteiger partial charge in [0, 0.05) is 6.92 Å². The summed E-state index contributed by atoms with van der Waals surface area (Å²) in [6, 6.07) is 0. The maximum Gasteiger partial charge on any atom is 0.376 e. The van der Waals surface area contributed by atoms with E-state index in [2.05, 4.69) is 0 Å². The molecule has 0 aromatic heterocycles. The second-order valence-electron chi connectivity index (χ2n) is 2.79. The smallest absolute Gasteiger partial charge is 0.358 e. The molecule has 1 N–H and O–H groups in total. The Morgan fingerprint density at radius 3 is 2.55 bits per heavy atom. The molecule has 1 rings (SSSR count). The lowest BCUT2D eigenvalue weighted by molar-refractivity contribution is -0.854. The fourth-order valence-corrected chi connectivity index (χ4v) is 1.11. The van der Waals surface area contributed by atoms with Crippen LogP contribution in [0.25, 0.3) is 0 Å². The van der Waals surface area contributed by atoms with E-state index >= 15 is 0 Å². The summed E-state index contributed by atoms with van der Waals surface area (Å²) in [5.41, 5.74) is 0. The maximum absolute atomic E-state index is 10.4. The van der Waals surface area contributed by atoms with Crippen molar-refractivity contribution in [3.05, 3.63) is 22.1 Å². The highest BCUT2D eigenvalue weighted by molar-refractivity contribution is 4.88. The van der Waals surface area contributed by atoms with E-state index in [9.17, 15) is 10.1 Å². The van der Waals surface area contributed by atoms with Crippen LogP contribution >= 0.6 is 0 Å². The molecule has 5 nitrogen and oxygen atoms in total. The van der Waals surface area contributed by atoms with Crippen LogP contribution in [0.3, 0.4) is 0 Å². The number of quaternary nitrogens is 1. The van der Waals surface area contributed by atoms with Gasteiger partial charge in [-0.1, -0.05) is 0 Å². The first kappa shape index (κ1) is 8.00. The summed E-state index contributed by atoms with van der Waals surface area (Å²) < 4.78 is 0. The second kappa shape index (κ2) is 2.50. The highest BCUT2D eigenvalue weighted by Crippen LogP contribution is 2.06. The third kappa shape index (κ3) is 1.19. The number of hydrogen-bond donors (Lipinski definition) is 1. The van der Waals surface area contributed by atoms with Crippen molar-refractivity contribution in [2.24, 2.45) is 0 Å². The number of rotatable bonds is 1. The van der Waals surface area contributed by atoms with Gasteiger partial charge in [0.2, 0.25) is 6.17 Å². The summed E-state index contributed by atoms with van der Waals surface area (Å²) in [5.74, 6) is 0.190. The van der Waals surface area contributed by atoms with E-state index in [1.54, 1.807) is 18.1 Å². The van der Waals surface area contributed by atoms with Crippen LogP contribution in [0.5, 0.6) is 0 Å². The van der Waals surface area contributed by atoms with Crippen molar-refractivity contribution >= 4 is 0 Å². The Labute approximate surface area is 65.0 Å². The van der Waals surface area contributed by atoms with Crippen LogP contribution in [-0.2, 0) is 0 Å². The third-order valence-electron chi connectivity index (χ3n) is 2.15. The molecule has 1 heterocycles. The molecule has 11 heavy (non-hydrogen) atoms. The van der Waals surface area contributed by atoms with Crippen LogP contribution in [-0.4, -0.2) is 30.1 Å². The molecule has 0 spiro atoms. The Hall–Kier alpha value is -1.10. The minimum absolute atomic E-state index is 0.162. The van der Waals surface area contributed by atoms with Crippen LogP contribution in [0.15, 0.2) is 12.0 Å². The van der Waals surface area contributed by atoms with Gasteiger partial charge in [-0.15, -0.1) is 0 Å². The van der Waals surface area contributed by atoms with Gasteiger partial charge >= 0.3 is 5.82 Å². The van der Waals surface area contributed by atoms with Gasteiger partial charge in [-0.2, -0.15) is 0 Å². The van der Waals surface area contributed by atoms with E-state index in [1.807, 2.05) is 14.0 Å². The molecule has 2 atom stereocenters. The zero-order chi connectivity index (χ0) is 8.59. The fraction of sp³-hybridized carbons (Fsp3) is 0.667. The Bertz CT molecular complexity index is 214. The highest BCUT2D eigenvalue weighted by atomic mass is 16.6. The minimum atomic E-state index is -0.354. The van der Waals surface area contributed by atoms with Crippen LogP contribution in [0.1, 0.15) is 6.92 Å². The Balaban J connectivity index is 2.83. The molecule has 0 bridgehead atoms. The molecular formula is C6H12N3O2+. The van der Waals surface area contributed by atoms with Crippen molar-refractivity contribution in [3.8, 4) is 0 Å². The molecule has 0 aromatic rings. The SMILES string of the molecule is CC1N(C)C([N+](=O)[O-])=C[NH+]1C. The first-order valence-electron chi connectivity index (χ1n) is 3.46. The molecule has 0 saturated carbocycles. The lowest BCUT2D eigenvalue weighted by Crippen LogP contribution is -3.07. The minimum Gasteiger partial charge on any atom is -0.358 e. The molecule has 0 amide bonds. The van der Waals surface area contributed by atoms with Gasteiger partial charge in [-0.05, 0) is 4.92 Å². The normalized spacial score (nSPS) is 30.5. The first-order chi connectivity index (χ1) is 5.04. The summed E-state index contributed by atoms with van der Waals surface area (Å²) >= 11 is 0. The molecular weight excluding hydrogens is 146 g/mol. The van der Waals surface area contributed by atoms with Crippen molar-refractivity contribution in [3.63, 3.8) is 0 Å². The summed E-state index contributed by atoms with van der Waals surface area (Å²) in [4.78, 5) is 12.7. The maximum atomic E-state index is 10.4. The molecule has 0 fully saturated rings. The third-order valence-corrected chi connectivity index (χ3v) is 2.15. The predicted molar refractivity (Wildman–Crippen MR) is 39.2 cm³/mol. The molecule has 1 aliphatic rings. The first-order valence-corrected chi connectivity index (χ1v) is 3.46. The summed E-state index contributed by atoms with van der Waals surface area (Å²) in [6.45, 7) is 1.95. The van der Waals surface area contributed by atoms with E-state index in [4.69, 9.17) is 0 Å². The number of nitro groups is 1. The Morgan fingerprint density at radius 2 is 2.36 bits per heavy atom. The number of nitrogens with zero attached hydrogens (tertiary/aromatic N) is 2. The van der Waals surface area contributed by atoms with E-state index in [0.29, 0.717) is 0 Å². The molecule has 0 radical (unpaired) electrons. The van der Waals surface area contributed by atoms with Crippen molar-refractivity contribution in [2.45, 2.75) is 13.1 Å². The molecule has 0 aromatic carbocycles. The lowest BCUT2D eigenvalue weighted by Gasteiger charge is -2.13. The van der Waals surface area contributed by atoms with Gasteiger partial charge < -0.3 is 10.1 Å². The zero-order valence-corrected chi connectivity index (χ0v) is 6.87. The van der Waals surface area contributed by atoms with E-state index < -0.39 is 0 Å². The summed E-state index contributed by atoms with van der Waals surface area (Å²) in [5, 5.41) is 10.4. The van der Waals surface area contributed by atoms with Crippen molar-refractivity contribution < 1.29 is 9.82 Å². The van der Waals surface area contributed by atoms with Gasteiger partial charge in [-0.3, -0.25) is 4.90 Å². The van der Waals surface area contributed by atoms with Gasteiger partial charge in [0.1, 0.15) is 0 Å². The summed E-state index contributed by atoms with van der Waals surface area (Å²) in [7, 11) is 3.63. The molecule has 0 saturated heterocycles. The average molecular weight is 158 g/mol. The molecule has 2 unspecified atom stereocenters. The van der Waals surface area contributed by atoms with Gasteiger partial charge in [-0.25, -0.2) is 4.90 Å². The highest BCUT2D eigenvalue weighted by Gasteiger charge is 2.36. The van der Waals surface area contributed by atoms with Gasteiger partial charge in [0.05, 0.1) is 14.1 Å². The van der Waals surface area contributed by atoms with E-state index in [1.165, 1.54) is 0 Å². The average Bonchev–Trinajstić information content (AvgIpc) is 2.17. The number of nitrogens with one attached hydrogen (secondary N) is 1. The quantitative estimate of drug-likeness (QED) is 0.388. The standard InChI is InChI=1S/C6H11N3O2/c1-5-7(2)4-6(8(5)3)9(10)11/h4-5H,1-3H3/p+1. The van der Waals surface area contributed by atoms with Crippen molar-refractivity contribution in [1.29, 1.82) is 0 Å². The van der Waals surface area contributed by atoms with E-state index in [-0.39, 0.29) is 16.9 Å². The lowest BCUT2D eigenvalue weighted by atomic mass is 10.5. The molecule has 5 heteroatoms. The zero-order valence-electron chi connectivity index (χ0n) is 6.87. The topological polar surface area (TPSA) is 50.8 Å². The molecule has 1 aliphatic heterocycles.